The molecule has 0 aromatic heterocycles. The van der Waals surface area contributed by atoms with Crippen LogP contribution in [0.15, 0.2) is 46.9 Å². The summed E-state index contributed by atoms with van der Waals surface area (Å²) in [6.45, 7) is 2.42. The molecule has 6 heteroatoms. The van der Waals surface area contributed by atoms with Crippen molar-refractivity contribution in [2.24, 2.45) is 5.73 Å². The third kappa shape index (κ3) is 4.49. The topological polar surface area (TPSA) is 70.8 Å². The third-order valence-corrected chi connectivity index (χ3v) is 4.08. The number of carbonyl (C=O) groups excluding carboxylic acids is 1. The number of benzene rings is 2. The van der Waals surface area contributed by atoms with E-state index in [9.17, 15) is 4.79 Å². The van der Waals surface area contributed by atoms with Crippen LogP contribution in [0.2, 0.25) is 0 Å². The number of rotatable bonds is 7. The summed E-state index contributed by atoms with van der Waals surface area (Å²) in [6, 6.07) is 12.4. The zero-order chi connectivity index (χ0) is 17.5. The molecule has 0 radical (unpaired) electrons. The van der Waals surface area contributed by atoms with E-state index < -0.39 is 12.0 Å². The SMILES string of the molecule is CCOC(=O)C(N)c1cc(OC)c(OCc2ccccc2)cc1Br. The minimum atomic E-state index is -0.892. The summed E-state index contributed by atoms with van der Waals surface area (Å²) in [5.74, 6) is 0.579. The maximum Gasteiger partial charge on any atom is 0.327 e. The van der Waals surface area contributed by atoms with E-state index >= 15 is 0 Å². The quantitative estimate of drug-likeness (QED) is 0.727. The van der Waals surface area contributed by atoms with Gasteiger partial charge in [0.05, 0.1) is 13.7 Å². The van der Waals surface area contributed by atoms with Gasteiger partial charge in [-0.25, -0.2) is 4.79 Å². The number of hydrogen-bond acceptors (Lipinski definition) is 5. The molecule has 128 valence electrons. The first-order chi connectivity index (χ1) is 11.6. The normalized spacial score (nSPS) is 11.7. The summed E-state index contributed by atoms with van der Waals surface area (Å²) in [6.07, 6.45) is 0. The van der Waals surface area contributed by atoms with Crippen LogP contribution in [0.25, 0.3) is 0 Å². The first-order valence-electron chi connectivity index (χ1n) is 7.53. The number of carbonyl (C=O) groups is 1. The van der Waals surface area contributed by atoms with Crippen molar-refractivity contribution in [2.45, 2.75) is 19.6 Å². The van der Waals surface area contributed by atoms with E-state index in [0.717, 1.165) is 5.56 Å². The Bertz CT molecular complexity index is 691. The molecule has 0 fully saturated rings. The molecule has 0 aliphatic carbocycles. The molecule has 0 bridgehead atoms. The number of esters is 1. The predicted octanol–water partition coefficient (Wildman–Crippen LogP) is 3.60. The summed E-state index contributed by atoms with van der Waals surface area (Å²) in [5.41, 5.74) is 7.59. The number of halogens is 1. The van der Waals surface area contributed by atoms with Gasteiger partial charge < -0.3 is 19.9 Å². The highest BCUT2D eigenvalue weighted by Gasteiger charge is 2.22. The molecule has 2 rings (SSSR count). The molecule has 2 N–H and O–H groups in total. The molecule has 0 aliphatic heterocycles. The van der Waals surface area contributed by atoms with E-state index in [1.807, 2.05) is 30.3 Å². The molecule has 24 heavy (non-hydrogen) atoms. The summed E-state index contributed by atoms with van der Waals surface area (Å²) < 4.78 is 16.8. The maximum atomic E-state index is 11.9. The van der Waals surface area contributed by atoms with Crippen LogP contribution in [0.3, 0.4) is 0 Å². The lowest BCUT2D eigenvalue weighted by atomic mass is 10.1. The highest BCUT2D eigenvalue weighted by Crippen LogP contribution is 2.36. The van der Waals surface area contributed by atoms with Gasteiger partial charge in [0.25, 0.3) is 0 Å². The highest BCUT2D eigenvalue weighted by molar-refractivity contribution is 9.10. The van der Waals surface area contributed by atoms with Gasteiger partial charge in [-0.1, -0.05) is 46.3 Å². The number of methoxy groups -OCH3 is 1. The number of nitrogens with two attached hydrogens (primary N) is 1. The van der Waals surface area contributed by atoms with Crippen molar-refractivity contribution in [2.75, 3.05) is 13.7 Å². The van der Waals surface area contributed by atoms with E-state index in [1.165, 1.54) is 7.11 Å². The highest BCUT2D eigenvalue weighted by atomic mass is 79.9. The molecule has 2 aromatic rings. The van der Waals surface area contributed by atoms with Gasteiger partial charge in [-0.15, -0.1) is 0 Å². The molecule has 0 amide bonds. The molecule has 1 atom stereocenters. The van der Waals surface area contributed by atoms with Gasteiger partial charge in [-0.2, -0.15) is 0 Å². The molecule has 0 heterocycles. The molecule has 0 spiro atoms. The van der Waals surface area contributed by atoms with Gasteiger partial charge >= 0.3 is 5.97 Å². The molecule has 0 aliphatic rings. The lowest BCUT2D eigenvalue weighted by Gasteiger charge is -2.17. The van der Waals surface area contributed by atoms with E-state index in [1.54, 1.807) is 19.1 Å². The van der Waals surface area contributed by atoms with Crippen molar-refractivity contribution in [3.63, 3.8) is 0 Å². The monoisotopic (exact) mass is 393 g/mol. The van der Waals surface area contributed by atoms with Crippen LogP contribution in [0.4, 0.5) is 0 Å². The van der Waals surface area contributed by atoms with Crippen LogP contribution >= 0.6 is 15.9 Å². The predicted molar refractivity (Wildman–Crippen MR) is 95.0 cm³/mol. The summed E-state index contributed by atoms with van der Waals surface area (Å²) in [7, 11) is 1.54. The van der Waals surface area contributed by atoms with Crippen LogP contribution in [0.5, 0.6) is 11.5 Å². The van der Waals surface area contributed by atoms with Crippen LogP contribution in [0, 0.1) is 0 Å². The summed E-state index contributed by atoms with van der Waals surface area (Å²) >= 11 is 3.43. The largest absolute Gasteiger partial charge is 0.493 e. The molecule has 2 aromatic carbocycles. The minimum absolute atomic E-state index is 0.277. The van der Waals surface area contributed by atoms with Gasteiger partial charge in [0, 0.05) is 4.47 Å². The Morgan fingerprint density at radius 3 is 2.54 bits per heavy atom. The van der Waals surface area contributed by atoms with Crippen LogP contribution in [0.1, 0.15) is 24.1 Å². The molecule has 1 unspecified atom stereocenters. The fourth-order valence-corrected chi connectivity index (χ4v) is 2.72. The fourth-order valence-electron chi connectivity index (χ4n) is 2.16. The fraction of sp³-hybridized carbons (Fsp3) is 0.278. The van der Waals surface area contributed by atoms with Crippen molar-refractivity contribution in [1.29, 1.82) is 0 Å². The second-order valence-corrected chi connectivity index (χ2v) is 5.88. The lowest BCUT2D eigenvalue weighted by molar-refractivity contribution is -0.144. The van der Waals surface area contributed by atoms with Gasteiger partial charge in [-0.3, -0.25) is 0 Å². The first kappa shape index (κ1) is 18.3. The van der Waals surface area contributed by atoms with E-state index in [0.29, 0.717) is 28.1 Å². The Morgan fingerprint density at radius 1 is 1.21 bits per heavy atom. The molecule has 0 saturated carbocycles. The minimum Gasteiger partial charge on any atom is -0.493 e. The van der Waals surface area contributed by atoms with Crippen molar-refractivity contribution < 1.29 is 19.0 Å². The Hall–Kier alpha value is -2.05. The van der Waals surface area contributed by atoms with Crippen molar-refractivity contribution in [1.82, 2.24) is 0 Å². The second-order valence-electron chi connectivity index (χ2n) is 5.03. The average molecular weight is 394 g/mol. The van der Waals surface area contributed by atoms with E-state index in [-0.39, 0.29) is 6.61 Å². The van der Waals surface area contributed by atoms with E-state index in [4.69, 9.17) is 19.9 Å². The van der Waals surface area contributed by atoms with Crippen molar-refractivity contribution >= 4 is 21.9 Å². The van der Waals surface area contributed by atoms with Crippen LogP contribution < -0.4 is 15.2 Å². The Morgan fingerprint density at radius 2 is 1.92 bits per heavy atom. The first-order valence-corrected chi connectivity index (χ1v) is 8.32. The van der Waals surface area contributed by atoms with Crippen molar-refractivity contribution in [3.8, 4) is 11.5 Å². The van der Waals surface area contributed by atoms with Crippen LogP contribution in [-0.2, 0) is 16.1 Å². The molecule has 0 saturated heterocycles. The Kier molecular flexibility index (Phi) is 6.63. The Labute approximate surface area is 149 Å². The standard InChI is InChI=1S/C18H20BrNO4/c1-3-23-18(21)17(20)13-9-15(22-2)16(10-14(13)19)24-11-12-7-5-4-6-8-12/h4-10,17H,3,11,20H2,1-2H3. The van der Waals surface area contributed by atoms with Crippen LogP contribution in [-0.4, -0.2) is 19.7 Å². The van der Waals surface area contributed by atoms with E-state index in [2.05, 4.69) is 15.9 Å². The smallest absolute Gasteiger partial charge is 0.327 e. The van der Waals surface area contributed by atoms with Gasteiger partial charge in [0.1, 0.15) is 12.6 Å². The zero-order valence-corrected chi connectivity index (χ0v) is 15.2. The molecular formula is C18H20BrNO4. The number of hydrogen-bond donors (Lipinski definition) is 1. The maximum absolute atomic E-state index is 11.9. The molecule has 5 nitrogen and oxygen atoms in total. The van der Waals surface area contributed by atoms with Crippen molar-refractivity contribution in [3.05, 3.63) is 58.1 Å². The summed E-state index contributed by atoms with van der Waals surface area (Å²) in [5, 5.41) is 0. The average Bonchev–Trinajstić information content (AvgIpc) is 2.60. The van der Waals surface area contributed by atoms with Gasteiger partial charge in [-0.05, 0) is 30.2 Å². The summed E-state index contributed by atoms with van der Waals surface area (Å²) in [4.78, 5) is 11.9. The second kappa shape index (κ2) is 8.70. The molecular weight excluding hydrogens is 374 g/mol. The zero-order valence-electron chi connectivity index (χ0n) is 13.6. The third-order valence-electron chi connectivity index (χ3n) is 3.40. The lowest BCUT2D eigenvalue weighted by Crippen LogP contribution is -2.24. The Balaban J connectivity index is 2.21. The number of ether oxygens (including phenoxy) is 3. The van der Waals surface area contributed by atoms with Gasteiger partial charge in [0.2, 0.25) is 0 Å². The van der Waals surface area contributed by atoms with Gasteiger partial charge in [0.15, 0.2) is 11.5 Å².